The molecule has 0 aliphatic carbocycles. The van der Waals surface area contributed by atoms with Crippen molar-refractivity contribution in [3.05, 3.63) is 69.5 Å². The first-order chi connectivity index (χ1) is 13.7. The fraction of sp³-hybridized carbons (Fsp3) is 0.300. The summed E-state index contributed by atoms with van der Waals surface area (Å²) in [5, 5.41) is 10.1. The van der Waals surface area contributed by atoms with Gasteiger partial charge in [-0.2, -0.15) is 17.9 Å². The molecule has 2 aromatic carbocycles. The van der Waals surface area contributed by atoms with Crippen LogP contribution in [0.2, 0.25) is 0 Å². The summed E-state index contributed by atoms with van der Waals surface area (Å²) >= 11 is 0. The van der Waals surface area contributed by atoms with E-state index < -0.39 is 29.4 Å². The van der Waals surface area contributed by atoms with Crippen molar-refractivity contribution in [2.45, 2.75) is 32.2 Å². The Morgan fingerprint density at radius 3 is 2.45 bits per heavy atom. The topological polar surface area (TPSA) is 81.7 Å². The molecule has 0 aliphatic heterocycles. The number of alkyl halides is 3. The minimum absolute atomic E-state index is 0.0295. The van der Waals surface area contributed by atoms with Crippen LogP contribution in [0.4, 0.5) is 13.2 Å². The molecule has 0 amide bonds. The van der Waals surface area contributed by atoms with E-state index in [1.54, 1.807) is 13.0 Å². The molecule has 1 unspecified atom stereocenters. The smallest absolute Gasteiger partial charge is 0.416 e. The van der Waals surface area contributed by atoms with Gasteiger partial charge >= 0.3 is 12.1 Å². The van der Waals surface area contributed by atoms with Crippen molar-refractivity contribution in [2.75, 3.05) is 6.61 Å². The van der Waals surface area contributed by atoms with E-state index in [4.69, 9.17) is 9.26 Å². The predicted octanol–water partition coefficient (Wildman–Crippen LogP) is 3.13. The van der Waals surface area contributed by atoms with E-state index in [2.05, 4.69) is 0 Å². The number of ether oxygens (including phenoxy) is 1. The quantitative estimate of drug-likeness (QED) is 0.633. The summed E-state index contributed by atoms with van der Waals surface area (Å²) in [7, 11) is 0. The number of aliphatic hydroxyl groups excluding tert-OH is 1. The number of fused-ring (bicyclic) bond motifs is 1. The minimum atomic E-state index is -4.43. The second-order valence-corrected chi connectivity index (χ2v) is 6.43. The van der Waals surface area contributed by atoms with Crippen molar-refractivity contribution in [3.8, 4) is 0 Å². The second kappa shape index (κ2) is 8.12. The molecule has 0 fully saturated rings. The monoisotopic (exact) mass is 409 g/mol. The molecule has 3 aromatic rings. The summed E-state index contributed by atoms with van der Waals surface area (Å²) in [5.41, 5.74) is 0.0569. The summed E-state index contributed by atoms with van der Waals surface area (Å²) in [4.78, 5) is 24.1. The van der Waals surface area contributed by atoms with Crippen LogP contribution in [0.5, 0.6) is 0 Å². The lowest BCUT2D eigenvalue weighted by Gasteiger charge is -2.09. The lowest BCUT2D eigenvalue weighted by molar-refractivity contribution is -0.152. The molecule has 0 bridgehead atoms. The summed E-state index contributed by atoms with van der Waals surface area (Å²) in [6, 6.07) is 9.10. The van der Waals surface area contributed by atoms with E-state index in [-0.39, 0.29) is 30.5 Å². The number of halogens is 3. The molecule has 0 saturated heterocycles. The Labute approximate surface area is 163 Å². The summed E-state index contributed by atoms with van der Waals surface area (Å²) in [6.07, 6.45) is -5.81. The zero-order chi connectivity index (χ0) is 21.2. The zero-order valence-corrected chi connectivity index (χ0v) is 15.4. The summed E-state index contributed by atoms with van der Waals surface area (Å²) < 4.78 is 49.2. The molecule has 154 valence electrons. The van der Waals surface area contributed by atoms with Gasteiger partial charge in [-0.25, -0.2) is 4.79 Å². The lowest BCUT2D eigenvalue weighted by atomic mass is 10.1. The first-order valence-electron chi connectivity index (χ1n) is 8.82. The van der Waals surface area contributed by atoms with Crippen molar-refractivity contribution in [1.29, 1.82) is 0 Å². The average molecular weight is 409 g/mol. The normalized spacial score (nSPS) is 12.9. The summed E-state index contributed by atoms with van der Waals surface area (Å²) in [5.74, 6) is -0.750. The van der Waals surface area contributed by atoms with Gasteiger partial charge in [0.1, 0.15) is 0 Å². The van der Waals surface area contributed by atoms with E-state index >= 15 is 0 Å². The van der Waals surface area contributed by atoms with Gasteiger partial charge in [0.2, 0.25) is 0 Å². The molecule has 0 radical (unpaired) electrons. The average Bonchev–Trinajstić information content (AvgIpc) is 2.97. The van der Waals surface area contributed by atoms with Crippen molar-refractivity contribution in [1.82, 2.24) is 4.74 Å². The molecule has 1 aromatic heterocycles. The molecular weight excluding hydrogens is 391 g/mol. The van der Waals surface area contributed by atoms with E-state index in [1.807, 2.05) is 0 Å². The van der Waals surface area contributed by atoms with Gasteiger partial charge in [0.15, 0.2) is 11.7 Å². The number of esters is 1. The molecule has 0 saturated carbocycles. The molecular formula is C20H18F3NO5. The van der Waals surface area contributed by atoms with Gasteiger partial charge in [-0.3, -0.25) is 4.79 Å². The number of carbonyl (C=O) groups is 1. The van der Waals surface area contributed by atoms with Crippen LogP contribution in [0.3, 0.4) is 0 Å². The van der Waals surface area contributed by atoms with Crippen molar-refractivity contribution >= 4 is 16.9 Å². The highest BCUT2D eigenvalue weighted by atomic mass is 19.4. The highest BCUT2D eigenvalue weighted by Crippen LogP contribution is 2.29. The Morgan fingerprint density at radius 2 is 1.83 bits per heavy atom. The minimum Gasteiger partial charge on any atom is -0.464 e. The fourth-order valence-electron chi connectivity index (χ4n) is 2.86. The Balaban J connectivity index is 1.81. The SMILES string of the molecule is CCOC(=O)C(O)Cc1ccc2on(Cc3ccc(C(F)(F)F)cc3)c(=O)c2c1. The number of aliphatic hydroxyl groups is 1. The standard InChI is InChI=1S/C20H18F3NO5/c1-2-28-19(27)16(25)10-13-5-8-17-15(9-13)18(26)24(29-17)11-12-3-6-14(7-4-12)20(21,22)23/h3-9,16,25H,2,10-11H2,1H3. The maximum Gasteiger partial charge on any atom is 0.416 e. The third-order valence-electron chi connectivity index (χ3n) is 4.30. The number of benzene rings is 2. The van der Waals surface area contributed by atoms with Gasteiger partial charge < -0.3 is 14.4 Å². The van der Waals surface area contributed by atoms with Gasteiger partial charge in [-0.1, -0.05) is 18.2 Å². The predicted molar refractivity (Wildman–Crippen MR) is 97.4 cm³/mol. The van der Waals surface area contributed by atoms with E-state index in [9.17, 15) is 27.9 Å². The zero-order valence-electron chi connectivity index (χ0n) is 15.4. The van der Waals surface area contributed by atoms with Gasteiger partial charge in [0, 0.05) is 6.42 Å². The second-order valence-electron chi connectivity index (χ2n) is 6.43. The lowest BCUT2D eigenvalue weighted by Crippen LogP contribution is -2.25. The van der Waals surface area contributed by atoms with E-state index in [1.165, 1.54) is 24.3 Å². The van der Waals surface area contributed by atoms with Crippen LogP contribution in [0.1, 0.15) is 23.6 Å². The van der Waals surface area contributed by atoms with Crippen LogP contribution < -0.4 is 5.56 Å². The van der Waals surface area contributed by atoms with Gasteiger partial charge in [-0.15, -0.1) is 0 Å². The number of rotatable bonds is 6. The van der Waals surface area contributed by atoms with Gasteiger partial charge in [0.25, 0.3) is 5.56 Å². The third-order valence-corrected chi connectivity index (χ3v) is 4.30. The molecule has 0 aliphatic rings. The molecule has 9 heteroatoms. The van der Waals surface area contributed by atoms with Crippen molar-refractivity contribution < 1.29 is 32.3 Å². The molecule has 1 N–H and O–H groups in total. The Hall–Kier alpha value is -3.07. The van der Waals surface area contributed by atoms with Crippen LogP contribution in [-0.2, 0) is 28.7 Å². The van der Waals surface area contributed by atoms with Gasteiger partial charge in [-0.05, 0) is 42.3 Å². The molecule has 1 atom stereocenters. The Kier molecular flexibility index (Phi) is 5.78. The maximum absolute atomic E-state index is 12.7. The Morgan fingerprint density at radius 1 is 1.17 bits per heavy atom. The highest BCUT2D eigenvalue weighted by molar-refractivity contribution is 5.78. The molecule has 1 heterocycles. The van der Waals surface area contributed by atoms with Crippen molar-refractivity contribution in [3.63, 3.8) is 0 Å². The number of carbonyl (C=O) groups excluding carboxylic acids is 1. The van der Waals surface area contributed by atoms with Crippen LogP contribution >= 0.6 is 0 Å². The highest BCUT2D eigenvalue weighted by Gasteiger charge is 2.30. The molecule has 6 nitrogen and oxygen atoms in total. The van der Waals surface area contributed by atoms with Crippen LogP contribution in [0, 0.1) is 0 Å². The summed E-state index contributed by atoms with van der Waals surface area (Å²) in [6.45, 7) is 1.74. The Bertz CT molecular complexity index is 1070. The fourth-order valence-corrected chi connectivity index (χ4v) is 2.86. The largest absolute Gasteiger partial charge is 0.464 e. The van der Waals surface area contributed by atoms with Crippen LogP contribution in [-0.4, -0.2) is 28.5 Å². The van der Waals surface area contributed by atoms with E-state index in [0.29, 0.717) is 11.1 Å². The van der Waals surface area contributed by atoms with E-state index in [0.717, 1.165) is 16.9 Å². The molecule has 29 heavy (non-hydrogen) atoms. The van der Waals surface area contributed by atoms with Crippen LogP contribution in [0.25, 0.3) is 11.0 Å². The number of hydrogen-bond acceptors (Lipinski definition) is 5. The van der Waals surface area contributed by atoms with Gasteiger partial charge in [0.05, 0.1) is 24.1 Å². The number of aromatic nitrogens is 1. The maximum atomic E-state index is 12.7. The number of hydrogen-bond donors (Lipinski definition) is 1. The molecule has 3 rings (SSSR count). The van der Waals surface area contributed by atoms with Crippen molar-refractivity contribution in [2.24, 2.45) is 0 Å². The van der Waals surface area contributed by atoms with Crippen LogP contribution in [0.15, 0.2) is 51.8 Å². The molecule has 0 spiro atoms. The third kappa shape index (κ3) is 4.68. The first kappa shape index (κ1) is 20.7. The first-order valence-corrected chi connectivity index (χ1v) is 8.82. The number of nitrogens with zero attached hydrogens (tertiary/aromatic N) is 1.